The molecule has 78 valence electrons. The summed E-state index contributed by atoms with van der Waals surface area (Å²) in [5.41, 5.74) is 1.14. The van der Waals surface area contributed by atoms with Crippen molar-refractivity contribution in [3.05, 3.63) is 38.2 Å². The number of nitrogens with zero attached hydrogens (tertiary/aromatic N) is 1. The summed E-state index contributed by atoms with van der Waals surface area (Å²) in [7, 11) is 0. The lowest BCUT2D eigenvalue weighted by Crippen LogP contribution is -1.84. The Kier molecular flexibility index (Phi) is 3.43. The Balaban J connectivity index is 2.21. The third kappa shape index (κ3) is 2.80. The highest BCUT2D eigenvalue weighted by molar-refractivity contribution is 9.10. The van der Waals surface area contributed by atoms with Gasteiger partial charge < -0.3 is 4.74 Å². The van der Waals surface area contributed by atoms with Crippen LogP contribution in [-0.4, -0.2) is 4.98 Å². The minimum Gasteiger partial charge on any atom is -0.431 e. The van der Waals surface area contributed by atoms with Gasteiger partial charge in [-0.05, 0) is 46.6 Å². The fraction of sp³-hybridized carbons (Fsp3) is 0.100. The SMILES string of the molecule is Cc1cc(Oc2nc(Br)cs2)ccc1Br. The van der Waals surface area contributed by atoms with Gasteiger partial charge in [0.1, 0.15) is 10.4 Å². The van der Waals surface area contributed by atoms with E-state index in [2.05, 4.69) is 36.8 Å². The number of halogens is 2. The number of rotatable bonds is 2. The lowest BCUT2D eigenvalue weighted by Gasteiger charge is -2.03. The molecule has 0 aliphatic heterocycles. The molecule has 0 aliphatic rings. The van der Waals surface area contributed by atoms with E-state index in [9.17, 15) is 0 Å². The molecule has 0 amide bonds. The maximum Gasteiger partial charge on any atom is 0.279 e. The normalized spacial score (nSPS) is 10.3. The van der Waals surface area contributed by atoms with Crippen molar-refractivity contribution in [2.24, 2.45) is 0 Å². The first kappa shape index (κ1) is 11.1. The van der Waals surface area contributed by atoms with Crippen LogP contribution in [0.3, 0.4) is 0 Å². The fourth-order valence-corrected chi connectivity index (χ4v) is 2.42. The van der Waals surface area contributed by atoms with Gasteiger partial charge in [0.25, 0.3) is 5.19 Å². The summed E-state index contributed by atoms with van der Waals surface area (Å²) in [5, 5.41) is 2.53. The van der Waals surface area contributed by atoms with Crippen LogP contribution in [-0.2, 0) is 0 Å². The van der Waals surface area contributed by atoms with Gasteiger partial charge in [-0.25, -0.2) is 0 Å². The highest BCUT2D eigenvalue weighted by Gasteiger charge is 2.03. The van der Waals surface area contributed by atoms with E-state index in [0.29, 0.717) is 5.19 Å². The van der Waals surface area contributed by atoms with Crippen molar-refractivity contribution in [1.82, 2.24) is 4.98 Å². The second-order valence-corrected chi connectivity index (χ2v) is 5.44. The van der Waals surface area contributed by atoms with Crippen LogP contribution in [0.2, 0.25) is 0 Å². The molecule has 0 aliphatic carbocycles. The third-order valence-corrected chi connectivity index (χ3v) is 4.11. The van der Waals surface area contributed by atoms with Crippen LogP contribution in [0.25, 0.3) is 0 Å². The van der Waals surface area contributed by atoms with Crippen molar-refractivity contribution in [3.8, 4) is 10.9 Å². The topological polar surface area (TPSA) is 22.1 Å². The monoisotopic (exact) mass is 347 g/mol. The average molecular weight is 349 g/mol. The molecule has 0 atom stereocenters. The molecule has 0 bridgehead atoms. The molecular weight excluding hydrogens is 342 g/mol. The first-order chi connectivity index (χ1) is 7.15. The molecule has 0 saturated heterocycles. The van der Waals surface area contributed by atoms with E-state index in [0.717, 1.165) is 20.4 Å². The van der Waals surface area contributed by atoms with E-state index < -0.39 is 0 Å². The lowest BCUT2D eigenvalue weighted by molar-refractivity contribution is 0.477. The molecule has 2 aromatic rings. The molecule has 0 fully saturated rings. The summed E-state index contributed by atoms with van der Waals surface area (Å²) in [6.07, 6.45) is 0. The van der Waals surface area contributed by atoms with E-state index in [-0.39, 0.29) is 0 Å². The molecule has 0 radical (unpaired) electrons. The maximum absolute atomic E-state index is 5.59. The van der Waals surface area contributed by atoms with Crippen LogP contribution < -0.4 is 4.74 Å². The molecule has 1 aromatic carbocycles. The minimum absolute atomic E-state index is 0.642. The van der Waals surface area contributed by atoms with Crippen LogP contribution in [0.4, 0.5) is 0 Å². The van der Waals surface area contributed by atoms with Crippen LogP contribution in [0.15, 0.2) is 32.7 Å². The Morgan fingerprint density at radius 1 is 1.33 bits per heavy atom. The minimum atomic E-state index is 0.642. The molecule has 1 heterocycles. The Bertz CT molecular complexity index is 484. The van der Waals surface area contributed by atoms with Crippen LogP contribution in [0.1, 0.15) is 5.56 Å². The van der Waals surface area contributed by atoms with Gasteiger partial charge in [-0.15, -0.1) is 0 Å². The zero-order valence-corrected chi connectivity index (χ0v) is 11.8. The Labute approximate surface area is 109 Å². The van der Waals surface area contributed by atoms with Gasteiger partial charge in [0.15, 0.2) is 0 Å². The molecule has 2 rings (SSSR count). The van der Waals surface area contributed by atoms with Crippen molar-refractivity contribution in [3.63, 3.8) is 0 Å². The quantitative estimate of drug-likeness (QED) is 0.779. The summed E-state index contributed by atoms with van der Waals surface area (Å²) in [5.74, 6) is 0.803. The van der Waals surface area contributed by atoms with Crippen molar-refractivity contribution < 1.29 is 4.74 Å². The number of hydrogen-bond donors (Lipinski definition) is 0. The fourth-order valence-electron chi connectivity index (χ4n) is 1.07. The number of ether oxygens (including phenoxy) is 1. The summed E-state index contributed by atoms with van der Waals surface area (Å²) in [6.45, 7) is 2.02. The molecule has 0 spiro atoms. The predicted octanol–water partition coefficient (Wildman–Crippen LogP) is 4.77. The van der Waals surface area contributed by atoms with Gasteiger partial charge in [-0.1, -0.05) is 27.3 Å². The molecule has 5 heteroatoms. The molecule has 0 saturated carbocycles. The van der Waals surface area contributed by atoms with E-state index in [1.165, 1.54) is 11.3 Å². The van der Waals surface area contributed by atoms with Crippen molar-refractivity contribution >= 4 is 43.2 Å². The lowest BCUT2D eigenvalue weighted by atomic mass is 10.2. The summed E-state index contributed by atoms with van der Waals surface area (Å²) >= 11 is 8.19. The van der Waals surface area contributed by atoms with Crippen molar-refractivity contribution in [2.75, 3.05) is 0 Å². The number of benzene rings is 1. The smallest absolute Gasteiger partial charge is 0.279 e. The van der Waals surface area contributed by atoms with E-state index in [1.54, 1.807) is 0 Å². The van der Waals surface area contributed by atoms with Gasteiger partial charge >= 0.3 is 0 Å². The summed E-state index contributed by atoms with van der Waals surface area (Å²) < 4.78 is 7.47. The van der Waals surface area contributed by atoms with E-state index >= 15 is 0 Å². The third-order valence-electron chi connectivity index (χ3n) is 1.79. The summed E-state index contributed by atoms with van der Waals surface area (Å²) in [4.78, 5) is 4.16. The van der Waals surface area contributed by atoms with E-state index in [1.807, 2.05) is 30.5 Å². The molecule has 1 aromatic heterocycles. The van der Waals surface area contributed by atoms with Gasteiger partial charge in [0.2, 0.25) is 0 Å². The first-order valence-electron chi connectivity index (χ1n) is 4.20. The van der Waals surface area contributed by atoms with Gasteiger partial charge in [-0.2, -0.15) is 4.98 Å². The summed E-state index contributed by atoms with van der Waals surface area (Å²) in [6, 6.07) is 5.85. The molecule has 2 nitrogen and oxygen atoms in total. The zero-order chi connectivity index (χ0) is 10.8. The molecule has 0 N–H and O–H groups in total. The van der Waals surface area contributed by atoms with Crippen molar-refractivity contribution in [2.45, 2.75) is 6.92 Å². The Morgan fingerprint density at radius 3 is 2.73 bits per heavy atom. The Morgan fingerprint density at radius 2 is 2.13 bits per heavy atom. The number of aromatic nitrogens is 1. The van der Waals surface area contributed by atoms with Crippen molar-refractivity contribution in [1.29, 1.82) is 0 Å². The predicted molar refractivity (Wildman–Crippen MR) is 68.8 cm³/mol. The molecule has 0 unspecified atom stereocenters. The first-order valence-corrected chi connectivity index (χ1v) is 6.67. The average Bonchev–Trinajstić information content (AvgIpc) is 2.58. The standard InChI is InChI=1S/C10H7Br2NOS/c1-6-4-7(2-3-8(6)11)14-10-13-9(12)5-15-10/h2-5H,1H3. The van der Waals surface area contributed by atoms with Crippen LogP contribution in [0.5, 0.6) is 10.9 Å². The van der Waals surface area contributed by atoms with Gasteiger partial charge in [-0.3, -0.25) is 0 Å². The number of thiazole rings is 1. The molecular formula is C10H7Br2NOS. The van der Waals surface area contributed by atoms with Crippen LogP contribution >= 0.6 is 43.2 Å². The molecule has 15 heavy (non-hydrogen) atoms. The van der Waals surface area contributed by atoms with E-state index in [4.69, 9.17) is 4.74 Å². The maximum atomic E-state index is 5.59. The van der Waals surface area contributed by atoms with Gasteiger partial charge in [0, 0.05) is 9.85 Å². The highest BCUT2D eigenvalue weighted by atomic mass is 79.9. The largest absolute Gasteiger partial charge is 0.431 e. The van der Waals surface area contributed by atoms with Crippen LogP contribution in [0, 0.1) is 6.92 Å². The second-order valence-electron chi connectivity index (χ2n) is 2.95. The Hall–Kier alpha value is -0.390. The second kappa shape index (κ2) is 4.63. The van der Waals surface area contributed by atoms with Gasteiger partial charge in [0.05, 0.1) is 0 Å². The number of aryl methyl sites for hydroxylation is 1. The highest BCUT2D eigenvalue weighted by Crippen LogP contribution is 2.29. The zero-order valence-electron chi connectivity index (χ0n) is 7.83. The number of hydrogen-bond acceptors (Lipinski definition) is 3.